The number of carboxylic acids is 2. The highest BCUT2D eigenvalue weighted by molar-refractivity contribution is 7.46. The minimum Gasteiger partial charge on any atom is -0.480 e. The van der Waals surface area contributed by atoms with Gasteiger partial charge in [-0.25, -0.2) is 4.57 Å². The quantitative estimate of drug-likeness (QED) is 0.207. The molecule has 0 saturated carbocycles. The van der Waals surface area contributed by atoms with Crippen LogP contribution in [-0.4, -0.2) is 57.3 Å². The van der Waals surface area contributed by atoms with E-state index in [9.17, 15) is 14.2 Å². The van der Waals surface area contributed by atoms with E-state index in [1.54, 1.807) is 6.92 Å². The molecule has 0 aliphatic rings. The summed E-state index contributed by atoms with van der Waals surface area (Å²) in [5, 5.41) is 22.4. The van der Waals surface area contributed by atoms with Crippen LogP contribution >= 0.6 is 7.82 Å². The third-order valence-corrected chi connectivity index (χ3v) is 2.60. The number of hydrogen-bond donors (Lipinski definition) is 6. The molecule has 2 atom stereocenters. The lowest BCUT2D eigenvalue weighted by Gasteiger charge is -2.17. The SMILES string of the molecule is CCC(NCNC(COP(=O)(O)O)C(=O)O)C(=O)O. The fourth-order valence-electron chi connectivity index (χ4n) is 1.10. The Kier molecular flexibility index (Phi) is 7.76. The second-order valence-corrected chi connectivity index (χ2v) is 4.80. The topological polar surface area (TPSA) is 165 Å². The molecule has 11 heteroatoms. The molecule has 0 aromatic heterocycles. The van der Waals surface area contributed by atoms with Gasteiger partial charge in [-0.05, 0) is 6.42 Å². The lowest BCUT2D eigenvalue weighted by Crippen LogP contribution is -2.48. The van der Waals surface area contributed by atoms with E-state index >= 15 is 0 Å². The molecule has 0 aromatic rings. The second-order valence-electron chi connectivity index (χ2n) is 3.56. The van der Waals surface area contributed by atoms with Gasteiger partial charge in [0.15, 0.2) is 0 Å². The lowest BCUT2D eigenvalue weighted by molar-refractivity contribution is -0.140. The molecule has 0 heterocycles. The Hall–Kier alpha value is -1.03. The molecule has 2 unspecified atom stereocenters. The van der Waals surface area contributed by atoms with Gasteiger partial charge in [0, 0.05) is 6.67 Å². The summed E-state index contributed by atoms with van der Waals surface area (Å²) < 4.78 is 14.5. The first kappa shape index (κ1) is 18.0. The maximum atomic E-state index is 10.8. The van der Waals surface area contributed by atoms with Gasteiger partial charge in [0.1, 0.15) is 12.1 Å². The highest BCUT2D eigenvalue weighted by Crippen LogP contribution is 2.35. The molecule has 0 saturated heterocycles. The molecule has 0 aliphatic heterocycles. The van der Waals surface area contributed by atoms with E-state index in [0.29, 0.717) is 6.42 Å². The Morgan fingerprint density at radius 2 is 1.63 bits per heavy atom. The first-order valence-electron chi connectivity index (χ1n) is 5.29. The molecule has 0 spiro atoms. The van der Waals surface area contributed by atoms with Crippen molar-refractivity contribution in [1.29, 1.82) is 0 Å². The van der Waals surface area contributed by atoms with Crippen molar-refractivity contribution in [2.45, 2.75) is 25.4 Å². The standard InChI is InChI=1S/C8H17N2O8P/c1-2-5(7(11)12)9-4-10-6(8(13)14)3-18-19(15,16)17/h5-6,9-10H,2-4H2,1H3,(H,11,12)(H,13,14)(H2,15,16,17). The Balaban J connectivity index is 4.19. The third kappa shape index (κ3) is 8.65. The largest absolute Gasteiger partial charge is 0.480 e. The van der Waals surface area contributed by atoms with Crippen LogP contribution in [0.25, 0.3) is 0 Å². The molecule has 0 amide bonds. The van der Waals surface area contributed by atoms with E-state index in [2.05, 4.69) is 15.2 Å². The highest BCUT2D eigenvalue weighted by Gasteiger charge is 2.23. The zero-order valence-corrected chi connectivity index (χ0v) is 11.0. The summed E-state index contributed by atoms with van der Waals surface area (Å²) >= 11 is 0. The number of nitrogens with one attached hydrogen (secondary N) is 2. The molecule has 0 rings (SSSR count). The maximum absolute atomic E-state index is 10.8. The molecule has 0 fully saturated rings. The summed E-state index contributed by atoms with van der Waals surface area (Å²) in [6.45, 7) is 0.731. The summed E-state index contributed by atoms with van der Waals surface area (Å²) in [6, 6.07) is -2.21. The van der Waals surface area contributed by atoms with Crippen molar-refractivity contribution >= 4 is 19.8 Å². The third-order valence-electron chi connectivity index (χ3n) is 2.11. The van der Waals surface area contributed by atoms with E-state index in [-0.39, 0.29) is 6.67 Å². The van der Waals surface area contributed by atoms with E-state index in [0.717, 1.165) is 0 Å². The second kappa shape index (κ2) is 8.20. The zero-order chi connectivity index (χ0) is 15.1. The lowest BCUT2D eigenvalue weighted by atomic mass is 10.2. The number of hydrogen-bond acceptors (Lipinski definition) is 6. The minimum absolute atomic E-state index is 0.160. The molecule has 6 N–H and O–H groups in total. The van der Waals surface area contributed by atoms with E-state index in [1.807, 2.05) is 0 Å². The number of phosphoric acid groups is 1. The van der Waals surface area contributed by atoms with Crippen molar-refractivity contribution in [2.75, 3.05) is 13.3 Å². The van der Waals surface area contributed by atoms with Crippen molar-refractivity contribution in [2.24, 2.45) is 0 Å². The van der Waals surface area contributed by atoms with E-state index in [1.165, 1.54) is 0 Å². The van der Waals surface area contributed by atoms with Crippen LogP contribution in [0.1, 0.15) is 13.3 Å². The summed E-state index contributed by atoms with van der Waals surface area (Å²) in [4.78, 5) is 38.3. The summed E-state index contributed by atoms with van der Waals surface area (Å²) in [6.07, 6.45) is 0.299. The molecular weight excluding hydrogens is 283 g/mol. The van der Waals surface area contributed by atoms with Gasteiger partial charge in [-0.3, -0.25) is 24.7 Å². The van der Waals surface area contributed by atoms with Gasteiger partial charge in [-0.1, -0.05) is 6.92 Å². The molecular formula is C8H17N2O8P. The van der Waals surface area contributed by atoms with Crippen molar-refractivity contribution in [3.63, 3.8) is 0 Å². The smallest absolute Gasteiger partial charge is 0.469 e. The van der Waals surface area contributed by atoms with Crippen molar-refractivity contribution in [3.8, 4) is 0 Å². The summed E-state index contributed by atoms with van der Waals surface area (Å²) in [7, 11) is -4.75. The monoisotopic (exact) mass is 300 g/mol. The van der Waals surface area contributed by atoms with Gasteiger partial charge in [-0.2, -0.15) is 0 Å². The molecule has 0 aromatic carbocycles. The van der Waals surface area contributed by atoms with Crippen LogP contribution in [-0.2, 0) is 18.7 Å². The number of carbonyl (C=O) groups is 2. The zero-order valence-electron chi connectivity index (χ0n) is 10.1. The fraction of sp³-hybridized carbons (Fsp3) is 0.750. The number of rotatable bonds is 10. The first-order chi connectivity index (χ1) is 8.67. The van der Waals surface area contributed by atoms with Crippen LogP contribution < -0.4 is 10.6 Å². The normalized spacial score (nSPS) is 14.9. The van der Waals surface area contributed by atoms with Crippen LogP contribution in [0, 0.1) is 0 Å². The van der Waals surface area contributed by atoms with Gasteiger partial charge in [0.2, 0.25) is 0 Å². The molecule has 112 valence electrons. The van der Waals surface area contributed by atoms with Crippen LogP contribution in [0.5, 0.6) is 0 Å². The number of carboxylic acid groups (broad SMARTS) is 2. The molecule has 19 heavy (non-hydrogen) atoms. The average Bonchev–Trinajstić information content (AvgIpc) is 2.25. The Labute approximate surface area is 109 Å². The van der Waals surface area contributed by atoms with E-state index in [4.69, 9.17) is 20.0 Å². The molecule has 0 radical (unpaired) electrons. The van der Waals surface area contributed by atoms with Gasteiger partial charge in [-0.15, -0.1) is 0 Å². The van der Waals surface area contributed by atoms with Crippen LogP contribution in [0.15, 0.2) is 0 Å². The molecule has 0 bridgehead atoms. The van der Waals surface area contributed by atoms with Gasteiger partial charge < -0.3 is 20.0 Å². The molecule has 0 aliphatic carbocycles. The Morgan fingerprint density at radius 1 is 1.16 bits per heavy atom. The summed E-state index contributed by atoms with van der Waals surface area (Å²) in [5.41, 5.74) is 0. The van der Waals surface area contributed by atoms with Gasteiger partial charge in [0.05, 0.1) is 6.61 Å². The Bertz CT molecular complexity index is 357. The number of phosphoric ester groups is 1. The Morgan fingerprint density at radius 3 is 2.00 bits per heavy atom. The van der Waals surface area contributed by atoms with Crippen molar-refractivity contribution < 1.29 is 38.7 Å². The maximum Gasteiger partial charge on any atom is 0.469 e. The summed E-state index contributed by atoms with van der Waals surface area (Å²) in [5.74, 6) is -2.46. The van der Waals surface area contributed by atoms with Gasteiger partial charge in [0.25, 0.3) is 0 Å². The average molecular weight is 300 g/mol. The van der Waals surface area contributed by atoms with Gasteiger partial charge >= 0.3 is 19.8 Å². The van der Waals surface area contributed by atoms with Crippen LogP contribution in [0.2, 0.25) is 0 Å². The molecule has 10 nitrogen and oxygen atoms in total. The minimum atomic E-state index is -4.75. The van der Waals surface area contributed by atoms with E-state index < -0.39 is 38.5 Å². The van der Waals surface area contributed by atoms with Crippen molar-refractivity contribution in [3.05, 3.63) is 0 Å². The first-order valence-corrected chi connectivity index (χ1v) is 6.82. The predicted molar refractivity (Wildman–Crippen MR) is 62.3 cm³/mol. The van der Waals surface area contributed by atoms with Crippen LogP contribution in [0.3, 0.4) is 0 Å². The fourth-order valence-corrected chi connectivity index (χ4v) is 1.44. The number of aliphatic carboxylic acids is 2. The van der Waals surface area contributed by atoms with Crippen molar-refractivity contribution in [1.82, 2.24) is 10.6 Å². The highest BCUT2D eigenvalue weighted by atomic mass is 31.2. The van der Waals surface area contributed by atoms with Crippen LogP contribution in [0.4, 0.5) is 0 Å². The predicted octanol–water partition coefficient (Wildman–Crippen LogP) is -1.45.